The highest BCUT2D eigenvalue weighted by Crippen LogP contribution is 2.25. The predicted octanol–water partition coefficient (Wildman–Crippen LogP) is 2.41. The normalized spacial score (nSPS) is 10.1. The minimum absolute atomic E-state index is 0.00848. The van der Waals surface area contributed by atoms with Crippen LogP contribution in [-0.2, 0) is 6.61 Å². The molecule has 0 atom stereocenters. The Hall–Kier alpha value is -1.65. The quantitative estimate of drug-likeness (QED) is 0.889. The first-order valence-electron chi connectivity index (χ1n) is 4.63. The van der Waals surface area contributed by atoms with Gasteiger partial charge in [-0.2, -0.15) is 0 Å². The standard InChI is InChI=1S/C11H9ClN2O2/c12-10-5-13-7-14-11(10)16-9-3-1-8(6-15)2-4-9/h1-5,7,15H,6H2. The van der Waals surface area contributed by atoms with Crippen LogP contribution in [0.15, 0.2) is 36.8 Å². The number of aromatic nitrogens is 2. The molecule has 0 saturated heterocycles. The summed E-state index contributed by atoms with van der Waals surface area (Å²) < 4.78 is 5.44. The maximum absolute atomic E-state index is 8.88. The molecule has 0 saturated carbocycles. The topological polar surface area (TPSA) is 55.2 Å². The Labute approximate surface area is 97.5 Å². The van der Waals surface area contributed by atoms with Gasteiger partial charge in [-0.1, -0.05) is 23.7 Å². The maximum Gasteiger partial charge on any atom is 0.241 e. The number of halogens is 1. The van der Waals surface area contributed by atoms with Crippen molar-refractivity contribution in [3.8, 4) is 11.6 Å². The number of hydrogen-bond acceptors (Lipinski definition) is 4. The number of nitrogens with zero attached hydrogens (tertiary/aromatic N) is 2. The van der Waals surface area contributed by atoms with Crippen molar-refractivity contribution >= 4 is 11.6 Å². The van der Waals surface area contributed by atoms with Crippen LogP contribution in [0.25, 0.3) is 0 Å². The summed E-state index contributed by atoms with van der Waals surface area (Å²) in [6.45, 7) is 0.00848. The summed E-state index contributed by atoms with van der Waals surface area (Å²) in [5.74, 6) is 0.922. The molecule has 0 fully saturated rings. The molecule has 0 amide bonds. The van der Waals surface area contributed by atoms with E-state index in [0.29, 0.717) is 16.7 Å². The number of hydrogen-bond donors (Lipinski definition) is 1. The molecule has 1 aromatic carbocycles. The zero-order chi connectivity index (χ0) is 11.4. The van der Waals surface area contributed by atoms with Crippen LogP contribution in [0.5, 0.6) is 11.6 Å². The van der Waals surface area contributed by atoms with Crippen LogP contribution in [-0.4, -0.2) is 15.1 Å². The van der Waals surface area contributed by atoms with Crippen LogP contribution in [0.1, 0.15) is 5.56 Å². The van der Waals surface area contributed by atoms with Gasteiger partial charge < -0.3 is 9.84 Å². The molecule has 16 heavy (non-hydrogen) atoms. The molecule has 0 aliphatic heterocycles. The highest BCUT2D eigenvalue weighted by molar-refractivity contribution is 6.31. The van der Waals surface area contributed by atoms with Crippen LogP contribution >= 0.6 is 11.6 Å². The van der Waals surface area contributed by atoms with Crippen molar-refractivity contribution in [2.24, 2.45) is 0 Å². The molecule has 1 aromatic heterocycles. The van der Waals surface area contributed by atoms with Gasteiger partial charge in [0.2, 0.25) is 5.88 Å². The molecule has 4 nitrogen and oxygen atoms in total. The van der Waals surface area contributed by atoms with Gasteiger partial charge in [0.05, 0.1) is 12.8 Å². The van der Waals surface area contributed by atoms with E-state index in [1.54, 1.807) is 24.3 Å². The Morgan fingerprint density at radius 1 is 1.25 bits per heavy atom. The summed E-state index contributed by atoms with van der Waals surface area (Å²) in [7, 11) is 0. The van der Waals surface area contributed by atoms with Gasteiger partial charge >= 0.3 is 0 Å². The van der Waals surface area contributed by atoms with E-state index < -0.39 is 0 Å². The zero-order valence-electron chi connectivity index (χ0n) is 8.30. The SMILES string of the molecule is OCc1ccc(Oc2ncncc2Cl)cc1. The van der Waals surface area contributed by atoms with Crippen molar-refractivity contribution in [2.75, 3.05) is 0 Å². The smallest absolute Gasteiger partial charge is 0.241 e. The molecule has 1 N–H and O–H groups in total. The number of aliphatic hydroxyl groups excluding tert-OH is 1. The summed E-state index contributed by atoms with van der Waals surface area (Å²) in [5, 5.41) is 9.24. The van der Waals surface area contributed by atoms with E-state index in [2.05, 4.69) is 9.97 Å². The van der Waals surface area contributed by atoms with Crippen molar-refractivity contribution in [3.63, 3.8) is 0 Å². The van der Waals surface area contributed by atoms with Gasteiger partial charge in [-0.05, 0) is 17.7 Å². The minimum Gasteiger partial charge on any atom is -0.437 e. The van der Waals surface area contributed by atoms with Gasteiger partial charge in [-0.3, -0.25) is 0 Å². The van der Waals surface area contributed by atoms with Crippen LogP contribution in [0.3, 0.4) is 0 Å². The second-order valence-electron chi connectivity index (χ2n) is 3.08. The molecule has 2 aromatic rings. The highest BCUT2D eigenvalue weighted by atomic mass is 35.5. The molecule has 1 heterocycles. The largest absolute Gasteiger partial charge is 0.437 e. The fraction of sp³-hybridized carbons (Fsp3) is 0.0909. The zero-order valence-corrected chi connectivity index (χ0v) is 9.05. The van der Waals surface area contributed by atoms with Gasteiger partial charge in [-0.25, -0.2) is 9.97 Å². The van der Waals surface area contributed by atoms with Gasteiger partial charge in [0, 0.05) is 0 Å². The Bertz CT molecular complexity index is 474. The van der Waals surface area contributed by atoms with Gasteiger partial charge in [0.15, 0.2) is 0 Å². The Kier molecular flexibility index (Phi) is 3.34. The highest BCUT2D eigenvalue weighted by Gasteiger charge is 2.03. The second kappa shape index (κ2) is 4.92. The van der Waals surface area contributed by atoms with Crippen LogP contribution < -0.4 is 4.74 Å². The lowest BCUT2D eigenvalue weighted by Crippen LogP contribution is -1.90. The summed E-state index contributed by atoms with van der Waals surface area (Å²) in [4.78, 5) is 7.66. The van der Waals surface area contributed by atoms with Crippen molar-refractivity contribution in [1.82, 2.24) is 9.97 Å². The van der Waals surface area contributed by atoms with Gasteiger partial charge in [-0.15, -0.1) is 0 Å². The number of aliphatic hydroxyl groups is 1. The average Bonchev–Trinajstić information content (AvgIpc) is 2.33. The average molecular weight is 237 g/mol. The van der Waals surface area contributed by atoms with E-state index >= 15 is 0 Å². The lowest BCUT2D eigenvalue weighted by molar-refractivity contribution is 0.281. The second-order valence-corrected chi connectivity index (χ2v) is 3.49. The first-order valence-corrected chi connectivity index (χ1v) is 5.00. The van der Waals surface area contributed by atoms with Crippen LogP contribution in [0, 0.1) is 0 Å². The van der Waals surface area contributed by atoms with E-state index in [1.807, 2.05) is 0 Å². The fourth-order valence-corrected chi connectivity index (χ4v) is 1.29. The van der Waals surface area contributed by atoms with E-state index in [-0.39, 0.29) is 6.61 Å². The molecule has 0 unspecified atom stereocenters. The Balaban J connectivity index is 2.18. The lowest BCUT2D eigenvalue weighted by Gasteiger charge is -2.05. The summed E-state index contributed by atoms with van der Waals surface area (Å²) in [6.07, 6.45) is 2.83. The first kappa shape index (κ1) is 10.9. The fourth-order valence-electron chi connectivity index (χ4n) is 1.15. The molecule has 82 valence electrons. The molecule has 0 radical (unpaired) electrons. The monoisotopic (exact) mass is 236 g/mol. The maximum atomic E-state index is 8.88. The molecule has 0 aliphatic rings. The Morgan fingerprint density at radius 3 is 2.62 bits per heavy atom. The molecule has 0 bridgehead atoms. The van der Waals surface area contributed by atoms with Crippen molar-refractivity contribution in [2.45, 2.75) is 6.61 Å². The number of benzene rings is 1. The molecule has 0 aliphatic carbocycles. The van der Waals surface area contributed by atoms with E-state index in [0.717, 1.165) is 5.56 Å². The van der Waals surface area contributed by atoms with Crippen molar-refractivity contribution < 1.29 is 9.84 Å². The van der Waals surface area contributed by atoms with E-state index in [1.165, 1.54) is 12.5 Å². The van der Waals surface area contributed by atoms with E-state index in [4.69, 9.17) is 21.4 Å². The molecule has 5 heteroatoms. The third-order valence-electron chi connectivity index (χ3n) is 1.95. The molecular weight excluding hydrogens is 228 g/mol. The van der Waals surface area contributed by atoms with Crippen molar-refractivity contribution in [1.29, 1.82) is 0 Å². The van der Waals surface area contributed by atoms with Crippen LogP contribution in [0.2, 0.25) is 5.02 Å². The third-order valence-corrected chi connectivity index (χ3v) is 2.21. The molecule has 2 rings (SSSR count). The van der Waals surface area contributed by atoms with Crippen LogP contribution in [0.4, 0.5) is 0 Å². The molecular formula is C11H9ClN2O2. The summed E-state index contributed by atoms with van der Waals surface area (Å²) >= 11 is 5.84. The van der Waals surface area contributed by atoms with Gasteiger partial charge in [0.1, 0.15) is 17.1 Å². The third kappa shape index (κ3) is 2.48. The predicted molar refractivity (Wildman–Crippen MR) is 59.5 cm³/mol. The molecule has 0 spiro atoms. The van der Waals surface area contributed by atoms with Crippen molar-refractivity contribution in [3.05, 3.63) is 47.4 Å². The lowest BCUT2D eigenvalue weighted by atomic mass is 10.2. The number of rotatable bonds is 3. The minimum atomic E-state index is 0.00848. The van der Waals surface area contributed by atoms with Gasteiger partial charge in [0.25, 0.3) is 0 Å². The summed E-state index contributed by atoms with van der Waals surface area (Å²) in [6, 6.07) is 7.02. The first-order chi connectivity index (χ1) is 7.79. The number of ether oxygens (including phenoxy) is 1. The summed E-state index contributed by atoms with van der Waals surface area (Å²) in [5.41, 5.74) is 0.820. The van der Waals surface area contributed by atoms with E-state index in [9.17, 15) is 0 Å². The Morgan fingerprint density at radius 2 is 2.00 bits per heavy atom.